The lowest BCUT2D eigenvalue weighted by Crippen LogP contribution is -2.29. The summed E-state index contributed by atoms with van der Waals surface area (Å²) in [7, 11) is 1.76. The highest BCUT2D eigenvalue weighted by molar-refractivity contribution is 6.30. The Bertz CT molecular complexity index is 1310. The van der Waals surface area contributed by atoms with Crippen molar-refractivity contribution in [1.82, 2.24) is 25.1 Å². The molecule has 3 N–H and O–H groups in total. The molecule has 33 heavy (non-hydrogen) atoms. The highest BCUT2D eigenvalue weighted by atomic mass is 35.5. The largest absolute Gasteiger partial charge is 0.394 e. The van der Waals surface area contributed by atoms with Gasteiger partial charge in [-0.15, -0.1) is 0 Å². The van der Waals surface area contributed by atoms with Gasteiger partial charge in [0.25, 0.3) is 5.91 Å². The number of carbonyl (C=O) groups is 1. The van der Waals surface area contributed by atoms with Gasteiger partial charge in [0, 0.05) is 42.0 Å². The van der Waals surface area contributed by atoms with E-state index in [2.05, 4.69) is 25.7 Å². The van der Waals surface area contributed by atoms with E-state index in [0.717, 1.165) is 5.39 Å². The number of benzene rings is 2. The van der Waals surface area contributed by atoms with Crippen LogP contribution in [0, 0.1) is 5.82 Å². The first-order valence-corrected chi connectivity index (χ1v) is 10.6. The second kappa shape index (κ2) is 9.51. The van der Waals surface area contributed by atoms with Gasteiger partial charge in [0.2, 0.25) is 5.95 Å². The molecule has 10 heteroatoms. The Morgan fingerprint density at radius 2 is 2.03 bits per heavy atom. The van der Waals surface area contributed by atoms with Crippen molar-refractivity contribution >= 4 is 34.4 Å². The second-order valence-corrected chi connectivity index (χ2v) is 8.13. The van der Waals surface area contributed by atoms with Gasteiger partial charge in [-0.25, -0.2) is 14.4 Å². The highest BCUT2D eigenvalue weighted by Crippen LogP contribution is 2.26. The van der Waals surface area contributed by atoms with Crippen LogP contribution in [0.15, 0.2) is 55.0 Å². The van der Waals surface area contributed by atoms with Gasteiger partial charge in [-0.3, -0.25) is 9.48 Å². The summed E-state index contributed by atoms with van der Waals surface area (Å²) in [6, 6.07) is 8.65. The molecule has 4 rings (SSSR count). The summed E-state index contributed by atoms with van der Waals surface area (Å²) in [5, 5.41) is 20.1. The van der Waals surface area contributed by atoms with Crippen LogP contribution in [0.5, 0.6) is 0 Å². The average Bonchev–Trinajstić information content (AvgIpc) is 3.24. The van der Waals surface area contributed by atoms with Gasteiger partial charge < -0.3 is 15.7 Å². The van der Waals surface area contributed by atoms with Crippen molar-refractivity contribution in [3.05, 3.63) is 82.5 Å². The Morgan fingerprint density at radius 3 is 2.73 bits per heavy atom. The zero-order valence-electron chi connectivity index (χ0n) is 18.0. The van der Waals surface area contributed by atoms with Crippen LogP contribution in [0.3, 0.4) is 0 Å². The van der Waals surface area contributed by atoms with Crippen LogP contribution in [0.1, 0.15) is 34.5 Å². The number of rotatable bonds is 7. The average molecular weight is 469 g/mol. The van der Waals surface area contributed by atoms with Gasteiger partial charge in [0.05, 0.1) is 29.4 Å². The van der Waals surface area contributed by atoms with Crippen LogP contribution in [0.25, 0.3) is 10.9 Å². The number of amides is 1. The minimum Gasteiger partial charge on any atom is -0.394 e. The molecule has 1 amide bonds. The van der Waals surface area contributed by atoms with Gasteiger partial charge in [0.1, 0.15) is 5.82 Å². The van der Waals surface area contributed by atoms with Crippen LogP contribution in [0.2, 0.25) is 5.02 Å². The summed E-state index contributed by atoms with van der Waals surface area (Å²) in [4.78, 5) is 21.8. The van der Waals surface area contributed by atoms with E-state index in [1.807, 2.05) is 0 Å². The standard InChI is InChI=1S/C23H22ClFN6O2/c1-13(12-32)28-23-26-9-16-4-3-15(8-20(16)29-23)22(33)30-21(17-10-27-31(2)11-17)14-5-6-18(24)19(25)7-14/h3-11,13,21,32H,12H2,1-2H3,(H,30,33)(H,26,28,29). The normalized spacial score (nSPS) is 13.0. The number of nitrogens with one attached hydrogen (secondary N) is 2. The zero-order chi connectivity index (χ0) is 23.5. The van der Waals surface area contributed by atoms with E-state index in [1.165, 1.54) is 12.1 Å². The molecule has 0 saturated heterocycles. The van der Waals surface area contributed by atoms with E-state index in [0.29, 0.717) is 28.2 Å². The molecule has 170 valence electrons. The monoisotopic (exact) mass is 468 g/mol. The van der Waals surface area contributed by atoms with Gasteiger partial charge in [0.15, 0.2) is 0 Å². The van der Waals surface area contributed by atoms with E-state index in [-0.39, 0.29) is 23.6 Å². The Kier molecular flexibility index (Phi) is 6.52. The van der Waals surface area contributed by atoms with E-state index in [1.54, 1.807) is 61.5 Å². The van der Waals surface area contributed by atoms with Crippen molar-refractivity contribution in [3.63, 3.8) is 0 Å². The zero-order valence-corrected chi connectivity index (χ0v) is 18.7. The number of anilines is 1. The lowest BCUT2D eigenvalue weighted by atomic mass is 10.0. The van der Waals surface area contributed by atoms with Gasteiger partial charge in [-0.05, 0) is 36.8 Å². The van der Waals surface area contributed by atoms with Crippen molar-refractivity contribution in [3.8, 4) is 0 Å². The third kappa shape index (κ3) is 5.10. The Morgan fingerprint density at radius 1 is 1.21 bits per heavy atom. The number of aliphatic hydroxyl groups is 1. The molecule has 0 aliphatic rings. The number of aromatic nitrogens is 4. The molecule has 2 aromatic heterocycles. The number of halogens is 2. The Balaban J connectivity index is 1.65. The molecular formula is C23H22ClFN6O2. The molecule has 2 unspecified atom stereocenters. The van der Waals surface area contributed by atoms with E-state index in [9.17, 15) is 14.3 Å². The Labute approximate surface area is 194 Å². The number of fused-ring (bicyclic) bond motifs is 1. The maximum atomic E-state index is 14.1. The molecule has 2 heterocycles. The van der Waals surface area contributed by atoms with Crippen molar-refractivity contribution < 1.29 is 14.3 Å². The van der Waals surface area contributed by atoms with Gasteiger partial charge in [-0.1, -0.05) is 23.7 Å². The SMILES string of the molecule is CC(CO)Nc1ncc2ccc(C(=O)NC(c3ccc(Cl)c(F)c3)c3cnn(C)c3)cc2n1. The van der Waals surface area contributed by atoms with E-state index >= 15 is 0 Å². The second-order valence-electron chi connectivity index (χ2n) is 7.72. The van der Waals surface area contributed by atoms with E-state index < -0.39 is 11.9 Å². The predicted molar refractivity (Wildman–Crippen MR) is 124 cm³/mol. The van der Waals surface area contributed by atoms with Gasteiger partial charge in [-0.2, -0.15) is 5.10 Å². The number of hydrogen-bond donors (Lipinski definition) is 3. The topological polar surface area (TPSA) is 105 Å². The van der Waals surface area contributed by atoms with Crippen LogP contribution >= 0.6 is 11.6 Å². The minimum absolute atomic E-state index is 0.00385. The number of nitrogens with zero attached hydrogens (tertiary/aromatic N) is 4. The van der Waals surface area contributed by atoms with Crippen molar-refractivity contribution in [2.24, 2.45) is 7.05 Å². The molecule has 8 nitrogen and oxygen atoms in total. The molecule has 0 spiro atoms. The quantitative estimate of drug-likeness (QED) is 0.383. The fourth-order valence-electron chi connectivity index (χ4n) is 3.35. The van der Waals surface area contributed by atoms with Gasteiger partial charge >= 0.3 is 0 Å². The third-order valence-corrected chi connectivity index (χ3v) is 5.41. The maximum Gasteiger partial charge on any atom is 0.252 e. The van der Waals surface area contributed by atoms with Crippen molar-refractivity contribution in [1.29, 1.82) is 0 Å². The summed E-state index contributed by atoms with van der Waals surface area (Å²) in [5.41, 5.74) is 2.18. The molecule has 4 aromatic rings. The fraction of sp³-hybridized carbons (Fsp3) is 0.217. The van der Waals surface area contributed by atoms with Crippen LogP contribution in [-0.4, -0.2) is 43.4 Å². The van der Waals surface area contributed by atoms with Crippen molar-refractivity contribution in [2.45, 2.75) is 19.0 Å². The number of aliphatic hydroxyl groups excluding tert-OH is 1. The number of carbonyl (C=O) groups excluding carboxylic acids is 1. The summed E-state index contributed by atoms with van der Waals surface area (Å²) < 4.78 is 15.8. The Hall–Kier alpha value is -3.56. The molecule has 0 radical (unpaired) electrons. The summed E-state index contributed by atoms with van der Waals surface area (Å²) >= 11 is 5.84. The van der Waals surface area contributed by atoms with Crippen LogP contribution in [0.4, 0.5) is 10.3 Å². The fourth-order valence-corrected chi connectivity index (χ4v) is 3.47. The smallest absolute Gasteiger partial charge is 0.252 e. The minimum atomic E-state index is -0.637. The molecular weight excluding hydrogens is 447 g/mol. The number of aryl methyl sites for hydroxylation is 1. The summed E-state index contributed by atoms with van der Waals surface area (Å²) in [6.45, 7) is 1.74. The first kappa shape index (κ1) is 22.6. The summed E-state index contributed by atoms with van der Waals surface area (Å²) in [5.74, 6) is -0.582. The molecule has 0 saturated carbocycles. The molecule has 2 aromatic carbocycles. The molecule has 0 aliphatic heterocycles. The number of hydrogen-bond acceptors (Lipinski definition) is 6. The maximum absolute atomic E-state index is 14.1. The molecule has 0 fully saturated rings. The van der Waals surface area contributed by atoms with Crippen LogP contribution in [-0.2, 0) is 7.05 Å². The molecule has 0 bridgehead atoms. The molecule has 2 atom stereocenters. The third-order valence-electron chi connectivity index (χ3n) is 5.10. The molecule has 0 aliphatic carbocycles. The lowest BCUT2D eigenvalue weighted by molar-refractivity contribution is 0.0943. The predicted octanol–water partition coefficient (Wildman–Crippen LogP) is 3.47. The first-order valence-electron chi connectivity index (χ1n) is 10.2. The lowest BCUT2D eigenvalue weighted by Gasteiger charge is -2.19. The van der Waals surface area contributed by atoms with Crippen LogP contribution < -0.4 is 10.6 Å². The van der Waals surface area contributed by atoms with E-state index in [4.69, 9.17) is 11.6 Å². The highest BCUT2D eigenvalue weighted by Gasteiger charge is 2.21. The summed E-state index contributed by atoms with van der Waals surface area (Å²) in [6.07, 6.45) is 5.02. The van der Waals surface area contributed by atoms with Crippen molar-refractivity contribution in [2.75, 3.05) is 11.9 Å². The first-order chi connectivity index (χ1) is 15.8.